The van der Waals surface area contributed by atoms with Gasteiger partial charge in [-0.2, -0.15) is 0 Å². The molecule has 0 aliphatic heterocycles. The van der Waals surface area contributed by atoms with Crippen LogP contribution < -0.4 is 10.2 Å². The highest BCUT2D eigenvalue weighted by Gasteiger charge is 2.67. The molecule has 0 heterocycles. The topological polar surface area (TPSA) is 170 Å². The predicted molar refractivity (Wildman–Crippen MR) is 291 cm³/mol. The van der Waals surface area contributed by atoms with E-state index >= 15 is 0 Å². The zero-order valence-corrected chi connectivity index (χ0v) is 47.5. The first kappa shape index (κ1) is 56.3. The second-order valence-electron chi connectivity index (χ2n) is 26.4. The van der Waals surface area contributed by atoms with Gasteiger partial charge in [-0.1, -0.05) is 51.3 Å². The average molecular weight is 1050 g/mol. The monoisotopic (exact) mass is 1050 g/mol. The molecule has 76 heavy (non-hydrogen) atoms. The number of carbonyl (C=O) groups excluding carboxylic acids is 4. The van der Waals surface area contributed by atoms with Crippen LogP contribution >= 0.6 is 0 Å². The van der Waals surface area contributed by atoms with Gasteiger partial charge in [0.05, 0.1) is 32.5 Å². The molecule has 1 aromatic carbocycles. The highest BCUT2D eigenvalue weighted by molar-refractivity contribution is 5.93. The summed E-state index contributed by atoms with van der Waals surface area (Å²) in [5, 5.41) is 27.2. The van der Waals surface area contributed by atoms with E-state index in [0.717, 1.165) is 69.9 Å². The number of methoxy groups -OCH3 is 1. The van der Waals surface area contributed by atoms with Crippen molar-refractivity contribution >= 4 is 29.7 Å². The number of alkyl carbamates (subject to hydrolysis) is 1. The van der Waals surface area contributed by atoms with Crippen LogP contribution in [-0.2, 0) is 33.3 Å². The van der Waals surface area contributed by atoms with E-state index < -0.39 is 41.1 Å². The van der Waals surface area contributed by atoms with E-state index in [9.17, 15) is 29.4 Å². The molecule has 1 amide bonds. The second-order valence-corrected chi connectivity index (χ2v) is 26.4. The Morgan fingerprint density at radius 2 is 1.70 bits per heavy atom. The third kappa shape index (κ3) is 10.6. The first-order valence-corrected chi connectivity index (χ1v) is 29.1. The number of benzene rings is 1. The molecule has 0 radical (unpaired) electrons. The number of nitrogens with zero attached hydrogens (tertiary/aromatic N) is 1. The van der Waals surface area contributed by atoms with Crippen LogP contribution in [0.3, 0.4) is 0 Å². The molecule has 0 saturated heterocycles. The van der Waals surface area contributed by atoms with Gasteiger partial charge in [0.1, 0.15) is 23.9 Å². The van der Waals surface area contributed by atoms with E-state index in [-0.39, 0.29) is 83.3 Å². The number of hydrogen-bond acceptors (Lipinski definition) is 12. The van der Waals surface area contributed by atoms with E-state index in [0.29, 0.717) is 63.5 Å². The fraction of sp³-hybridized carbons (Fsp3) is 0.746. The molecule has 0 spiro atoms. The number of rotatable bonds is 14. The fourth-order valence-corrected chi connectivity index (χ4v) is 17.6. The van der Waals surface area contributed by atoms with Gasteiger partial charge in [-0.3, -0.25) is 9.59 Å². The van der Waals surface area contributed by atoms with Crippen molar-refractivity contribution in [2.45, 2.75) is 194 Å². The summed E-state index contributed by atoms with van der Waals surface area (Å²) in [6.45, 7) is 17.7. The minimum atomic E-state index is -1.02. The first-order chi connectivity index (χ1) is 36.0. The van der Waals surface area contributed by atoms with E-state index in [1.165, 1.54) is 29.4 Å². The molecule has 0 bridgehead atoms. The van der Waals surface area contributed by atoms with E-state index in [2.05, 4.69) is 81.1 Å². The lowest BCUT2D eigenvalue weighted by Gasteiger charge is -2.64. The lowest BCUT2D eigenvalue weighted by Crippen LogP contribution is -2.63. The number of esters is 1. The molecular formula is C63H90N2O11. The number of fused-ring (bicyclic) bond motifs is 9. The Kier molecular flexibility index (Phi) is 16.3. The molecule has 3 N–H and O–H groups in total. The van der Waals surface area contributed by atoms with Crippen LogP contribution in [0.1, 0.15) is 170 Å². The van der Waals surface area contributed by atoms with Crippen molar-refractivity contribution in [2.75, 3.05) is 45.4 Å². The lowest BCUT2D eigenvalue weighted by atomic mass is 9.43. The molecule has 6 saturated carbocycles. The largest absolute Gasteiger partial charge is 0.508 e. The summed E-state index contributed by atoms with van der Waals surface area (Å²) < 4.78 is 29.2. The smallest absolute Gasteiger partial charge is 0.469 e. The number of ketones is 1. The number of amides is 1. The van der Waals surface area contributed by atoms with E-state index in [1.54, 1.807) is 20.8 Å². The van der Waals surface area contributed by atoms with Crippen molar-refractivity contribution in [3.63, 3.8) is 0 Å². The number of likely N-dealkylation sites (N-methyl/N-ethyl adjacent to an activating group) is 1. The van der Waals surface area contributed by atoms with Gasteiger partial charge in [-0.25, -0.2) is 9.59 Å². The van der Waals surface area contributed by atoms with Gasteiger partial charge >= 0.3 is 18.2 Å². The molecule has 6 fully saturated rings. The van der Waals surface area contributed by atoms with Crippen molar-refractivity contribution < 1.29 is 53.1 Å². The van der Waals surface area contributed by atoms with Gasteiger partial charge in [-0.15, -0.1) is 5.92 Å². The Morgan fingerprint density at radius 1 is 0.934 bits per heavy atom. The summed E-state index contributed by atoms with van der Waals surface area (Å²) in [5.74, 6) is 8.16. The number of aliphatic hydroxyl groups is 2. The minimum absolute atomic E-state index is 0.0329. The van der Waals surface area contributed by atoms with Crippen LogP contribution in [0.25, 0.3) is 0 Å². The molecule has 8 aliphatic rings. The number of ether oxygens (including phenoxy) is 5. The second kappa shape index (κ2) is 22.0. The fourth-order valence-electron chi connectivity index (χ4n) is 17.6. The molecule has 8 aliphatic carbocycles. The Labute approximate surface area is 453 Å². The van der Waals surface area contributed by atoms with Gasteiger partial charge in [0.25, 0.3) is 0 Å². The Balaban J connectivity index is 0.867. The van der Waals surface area contributed by atoms with Crippen LogP contribution in [0.15, 0.2) is 47.1 Å². The highest BCUT2D eigenvalue weighted by atomic mass is 16.7. The standard InChI is InChI=1S/C63H90N2O11/c1-11-26-63(71)28-25-49-46-19-15-40-33-43(66)18-20-45(40)55(46)47(37-61(49,63)7)39-13-16-42(17-14-39)65(9)30-32-73-44-24-27-60(6)41(34-44)35-52(75-58(70)74-31-29-64-57(69)76-59(3,4)5)56-50-22-21-48(38(2)12-23-54(68)72-10)62(50,8)53(67)36-51(56)60/h13-14,16-17,33,38,41,44,46-53,56,67,71H,12,15,18-25,27-32,34-37H2,1-10H3,(H,64,69)/t38-,41+,44+,46?,47-,48-,49?,50+,51+,52-,53+,56+,60+,61+,62-,63+/m1/s1. The summed E-state index contributed by atoms with van der Waals surface area (Å²) in [4.78, 5) is 53.0. The predicted octanol–water partition coefficient (Wildman–Crippen LogP) is 11.0. The van der Waals surface area contributed by atoms with Crippen molar-refractivity contribution in [3.05, 3.63) is 52.6 Å². The van der Waals surface area contributed by atoms with Crippen LogP contribution in [0.2, 0.25) is 0 Å². The summed E-state index contributed by atoms with van der Waals surface area (Å²) >= 11 is 0. The maximum Gasteiger partial charge on any atom is 0.508 e. The summed E-state index contributed by atoms with van der Waals surface area (Å²) in [6.07, 6.45) is 12.4. The first-order valence-electron chi connectivity index (χ1n) is 29.1. The molecule has 13 nitrogen and oxygen atoms in total. The zero-order chi connectivity index (χ0) is 54.5. The van der Waals surface area contributed by atoms with Gasteiger partial charge < -0.3 is 44.1 Å². The average Bonchev–Trinajstić information content (AvgIpc) is 4.00. The van der Waals surface area contributed by atoms with Crippen LogP contribution in [0, 0.1) is 75.4 Å². The molecule has 2 unspecified atom stereocenters. The minimum Gasteiger partial charge on any atom is -0.469 e. The number of aliphatic hydroxyl groups excluding tert-OH is 1. The zero-order valence-electron chi connectivity index (χ0n) is 47.5. The number of nitrogens with one attached hydrogen (secondary N) is 1. The molecule has 1 aromatic rings. The van der Waals surface area contributed by atoms with Crippen molar-refractivity contribution in [1.82, 2.24) is 5.32 Å². The lowest BCUT2D eigenvalue weighted by molar-refractivity contribution is -0.211. The number of hydrogen-bond donors (Lipinski definition) is 3. The quantitative estimate of drug-likeness (QED) is 0.0698. The van der Waals surface area contributed by atoms with Crippen molar-refractivity contribution in [3.8, 4) is 11.8 Å². The normalized spacial score (nSPS) is 37.8. The third-order valence-electron chi connectivity index (χ3n) is 21.5. The highest BCUT2D eigenvalue weighted by Crippen LogP contribution is 2.70. The van der Waals surface area contributed by atoms with Crippen molar-refractivity contribution in [2.24, 2.45) is 63.6 Å². The maximum atomic E-state index is 13.6. The van der Waals surface area contributed by atoms with Crippen LogP contribution in [0.4, 0.5) is 15.3 Å². The van der Waals surface area contributed by atoms with Crippen LogP contribution in [0.5, 0.6) is 0 Å². The molecule has 0 aromatic heterocycles. The third-order valence-corrected chi connectivity index (χ3v) is 21.5. The van der Waals surface area contributed by atoms with Crippen LogP contribution in [-0.4, -0.2) is 104 Å². The molecule has 418 valence electrons. The van der Waals surface area contributed by atoms with Gasteiger partial charge in [0.2, 0.25) is 0 Å². The van der Waals surface area contributed by atoms with Crippen molar-refractivity contribution in [1.29, 1.82) is 0 Å². The number of carbonyl (C=O) groups is 4. The Bertz CT molecular complexity index is 2470. The summed E-state index contributed by atoms with van der Waals surface area (Å²) in [5.41, 5.74) is 4.03. The number of allylic oxidation sites excluding steroid dienone is 4. The SMILES string of the molecule is CC#C[C@]1(O)CCC2C3CCC4=CC(=O)CCC4=C3[C@@H](c3ccc(N(C)CCO[C@H]4CC[C@@]5(C)[C@@H](C4)C[C@@H](OC(=O)OCCNC(=O)OC(C)(C)C)[C@@H]4[C@@H]5C[C@H](O)[C@]5(C)[C@@H]([C@H](C)CCC(=O)OC)CC[C@@H]45)cc3)C[C@@]21C. The molecule has 13 heteroatoms. The summed E-state index contributed by atoms with van der Waals surface area (Å²) in [6, 6.07) is 9.03. The summed E-state index contributed by atoms with van der Waals surface area (Å²) in [7, 11) is 3.54. The van der Waals surface area contributed by atoms with E-state index in [1.807, 2.05) is 13.0 Å². The Morgan fingerprint density at radius 3 is 2.42 bits per heavy atom. The molecule has 16 atom stereocenters. The molecule has 9 rings (SSSR count). The maximum absolute atomic E-state index is 13.6. The van der Waals surface area contributed by atoms with Gasteiger partial charge in [0.15, 0.2) is 5.78 Å². The van der Waals surface area contributed by atoms with Gasteiger partial charge in [0, 0.05) is 49.4 Å². The van der Waals surface area contributed by atoms with E-state index in [4.69, 9.17) is 23.7 Å². The molecular weight excluding hydrogens is 961 g/mol. The number of anilines is 1. The van der Waals surface area contributed by atoms with Gasteiger partial charge in [-0.05, 0) is 205 Å². The Hall–Kier alpha value is -4.38.